The number of amides is 3. The van der Waals surface area contributed by atoms with E-state index in [0.717, 1.165) is 19.2 Å². The molecule has 2 heterocycles. The number of carbonyl (C=O) groups excluding carboxylic acids is 3. The molecule has 6 rings (SSSR count). The van der Waals surface area contributed by atoms with Gasteiger partial charge < -0.3 is 34.6 Å². The Morgan fingerprint density at radius 3 is 2.08 bits per heavy atom. The van der Waals surface area contributed by atoms with Crippen LogP contribution in [0.3, 0.4) is 0 Å². The number of carbonyl (C=O) groups is 3. The molecule has 1 aromatic heterocycles. The number of nitrogens with one attached hydrogen (secondary N) is 2. The number of rotatable bonds is 8. The highest BCUT2D eigenvalue weighted by Crippen LogP contribution is 2.47. The van der Waals surface area contributed by atoms with Gasteiger partial charge in [0.05, 0.1) is 12.6 Å². The van der Waals surface area contributed by atoms with Crippen molar-refractivity contribution in [1.29, 1.82) is 0 Å². The minimum Gasteiger partial charge on any atom is -0.493 e. The third kappa shape index (κ3) is 7.46. The molecule has 0 spiro atoms. The Bertz CT molecular complexity index is 1820. The van der Waals surface area contributed by atoms with Crippen molar-refractivity contribution in [1.82, 2.24) is 14.8 Å². The number of methoxy groups -OCH3 is 1. The summed E-state index contributed by atoms with van der Waals surface area (Å²) in [5.41, 5.74) is -0.365. The van der Waals surface area contributed by atoms with Crippen LogP contribution in [0.15, 0.2) is 66.9 Å². The van der Waals surface area contributed by atoms with Crippen molar-refractivity contribution in [3.8, 4) is 23.0 Å². The summed E-state index contributed by atoms with van der Waals surface area (Å²) in [7, 11) is 3.43. The highest BCUT2D eigenvalue weighted by Gasteiger charge is 2.56. The van der Waals surface area contributed by atoms with E-state index in [1.54, 1.807) is 23.1 Å². The van der Waals surface area contributed by atoms with E-state index in [-0.39, 0.29) is 31.5 Å². The van der Waals surface area contributed by atoms with Crippen LogP contribution in [0.5, 0.6) is 23.0 Å². The summed E-state index contributed by atoms with van der Waals surface area (Å²) in [6, 6.07) is 13.9. The van der Waals surface area contributed by atoms with E-state index in [1.165, 1.54) is 49.7 Å². The van der Waals surface area contributed by atoms with E-state index in [0.29, 0.717) is 42.5 Å². The molecule has 13 heteroatoms. The fourth-order valence-corrected chi connectivity index (χ4v) is 5.10. The molecule has 0 unspecified atom stereocenters. The average molecular weight is 666 g/mol. The molecule has 3 amide bonds. The third-order valence-corrected chi connectivity index (χ3v) is 8.08. The van der Waals surface area contributed by atoms with Gasteiger partial charge >= 0.3 is 6.09 Å². The highest BCUT2D eigenvalue weighted by molar-refractivity contribution is 6.16. The monoisotopic (exact) mass is 665 g/mol. The van der Waals surface area contributed by atoms with Crippen molar-refractivity contribution in [2.45, 2.75) is 26.7 Å². The Morgan fingerprint density at radius 1 is 0.812 bits per heavy atom. The van der Waals surface area contributed by atoms with Crippen molar-refractivity contribution in [3.63, 3.8) is 0 Å². The molecule has 11 nitrogen and oxygen atoms in total. The van der Waals surface area contributed by atoms with Crippen LogP contribution in [0.4, 0.5) is 25.0 Å². The number of nitrogens with zero attached hydrogens (tertiary/aromatic N) is 3. The lowest BCUT2D eigenvalue weighted by atomic mass is 10.0. The Hall–Kier alpha value is -5.30. The second-order valence-corrected chi connectivity index (χ2v) is 11.2. The molecule has 2 fully saturated rings. The molecule has 1 saturated carbocycles. The van der Waals surface area contributed by atoms with E-state index in [9.17, 15) is 18.8 Å². The van der Waals surface area contributed by atoms with Gasteiger partial charge in [0.25, 0.3) is 0 Å². The number of pyridine rings is 1. The summed E-state index contributed by atoms with van der Waals surface area (Å²) in [5, 5.41) is 5.74. The Morgan fingerprint density at radius 2 is 1.46 bits per heavy atom. The lowest BCUT2D eigenvalue weighted by molar-refractivity contribution is -0.131. The van der Waals surface area contributed by atoms with Gasteiger partial charge in [-0.2, -0.15) is 0 Å². The molecule has 2 aliphatic rings. The first kappa shape index (κ1) is 34.0. The molecule has 3 aromatic carbocycles. The van der Waals surface area contributed by atoms with Crippen molar-refractivity contribution in [2.24, 2.45) is 5.41 Å². The van der Waals surface area contributed by atoms with Gasteiger partial charge in [-0.1, -0.05) is 13.8 Å². The highest BCUT2D eigenvalue weighted by atomic mass is 19.1. The Labute approximate surface area is 279 Å². The molecule has 2 N–H and O–H groups in total. The predicted molar refractivity (Wildman–Crippen MR) is 181 cm³/mol. The SMILES string of the molecule is CC.COc1cc2c(Oc3ccc(NC(=O)C4(C(=O)Nc5ccc(F)cc5)CC4)cc3F)ccnc2cc1OC(=O)N1CCN(C)CC1.[HH].[HH]. The number of hydrogen-bond donors (Lipinski definition) is 2. The van der Waals surface area contributed by atoms with Crippen LogP contribution in [0.25, 0.3) is 10.9 Å². The summed E-state index contributed by atoms with van der Waals surface area (Å²) in [4.78, 5) is 46.8. The first-order valence-electron chi connectivity index (χ1n) is 15.6. The molecule has 0 radical (unpaired) electrons. The van der Waals surface area contributed by atoms with Crippen LogP contribution in [-0.4, -0.2) is 73.0 Å². The molecule has 0 atom stereocenters. The van der Waals surface area contributed by atoms with Crippen LogP contribution in [0.2, 0.25) is 0 Å². The summed E-state index contributed by atoms with van der Waals surface area (Å²) in [6.45, 7) is 6.58. The topological polar surface area (TPSA) is 122 Å². The lowest BCUT2D eigenvalue weighted by Gasteiger charge is -2.31. The molecule has 48 heavy (non-hydrogen) atoms. The van der Waals surface area contributed by atoms with Gasteiger partial charge in [0.1, 0.15) is 17.0 Å². The van der Waals surface area contributed by atoms with Gasteiger partial charge in [-0.25, -0.2) is 13.6 Å². The quantitative estimate of drug-likeness (QED) is 0.194. The van der Waals surface area contributed by atoms with E-state index >= 15 is 4.39 Å². The van der Waals surface area contributed by atoms with Crippen LogP contribution < -0.4 is 24.8 Å². The maximum atomic E-state index is 15.2. The van der Waals surface area contributed by atoms with Crippen molar-refractivity contribution < 1.29 is 40.2 Å². The second kappa shape index (κ2) is 14.6. The maximum Gasteiger partial charge on any atom is 0.415 e. The number of halogens is 2. The first-order valence-corrected chi connectivity index (χ1v) is 15.6. The first-order chi connectivity index (χ1) is 23.1. The van der Waals surface area contributed by atoms with E-state index in [4.69, 9.17) is 14.2 Å². The Kier molecular flexibility index (Phi) is 10.4. The van der Waals surface area contributed by atoms with Crippen LogP contribution in [-0.2, 0) is 9.59 Å². The summed E-state index contributed by atoms with van der Waals surface area (Å²) < 4.78 is 45.5. The van der Waals surface area contributed by atoms with Crippen LogP contribution >= 0.6 is 0 Å². The van der Waals surface area contributed by atoms with E-state index in [2.05, 4.69) is 20.5 Å². The summed E-state index contributed by atoms with van der Waals surface area (Å²) >= 11 is 0. The summed E-state index contributed by atoms with van der Waals surface area (Å²) in [5.74, 6) is -1.69. The van der Waals surface area contributed by atoms with Gasteiger partial charge in [-0.15, -0.1) is 0 Å². The number of fused-ring (bicyclic) bond motifs is 1. The zero-order valence-corrected chi connectivity index (χ0v) is 27.1. The number of benzene rings is 3. The Balaban J connectivity index is 0.00000166. The minimum absolute atomic E-state index is 0. The van der Waals surface area contributed by atoms with Crippen molar-refractivity contribution in [2.75, 3.05) is 51.0 Å². The zero-order chi connectivity index (χ0) is 34.4. The normalized spacial score (nSPS) is 15.1. The number of likely N-dealkylation sites (N-methyl/N-ethyl adjacent to an activating group) is 1. The summed E-state index contributed by atoms with van der Waals surface area (Å²) in [6.07, 6.45) is 1.64. The van der Waals surface area contributed by atoms with Crippen LogP contribution in [0, 0.1) is 17.0 Å². The fraction of sp³-hybridized carbons (Fsp3) is 0.314. The number of piperazine rings is 1. The van der Waals surface area contributed by atoms with Crippen LogP contribution in [0.1, 0.15) is 29.5 Å². The van der Waals surface area contributed by atoms with Gasteiger partial charge in [0.15, 0.2) is 23.1 Å². The minimum atomic E-state index is -1.30. The van der Waals surface area contributed by atoms with E-state index < -0.39 is 35.0 Å². The number of aromatic nitrogens is 1. The zero-order valence-electron chi connectivity index (χ0n) is 27.1. The maximum absolute atomic E-state index is 15.2. The molecule has 1 aliphatic carbocycles. The smallest absolute Gasteiger partial charge is 0.415 e. The van der Waals surface area contributed by atoms with Gasteiger partial charge in [-0.3, -0.25) is 14.6 Å². The molecule has 1 aliphatic heterocycles. The molecular formula is C35H41F2N5O6. The van der Waals surface area contributed by atoms with Gasteiger partial charge in [0.2, 0.25) is 11.8 Å². The average Bonchev–Trinajstić information content (AvgIpc) is 3.91. The van der Waals surface area contributed by atoms with Crippen molar-refractivity contribution >= 4 is 40.2 Å². The lowest BCUT2D eigenvalue weighted by Crippen LogP contribution is -2.48. The standard InChI is InChI=1S/C33H31F2N5O6.C2H6.2H2/c1-39-13-15-40(16-14-39)32(43)46-29-19-25-23(18-28(29)44-2)26(9-12-36-25)45-27-8-7-22(17-24(27)35)38-31(42)33(10-11-33)30(41)37-21-5-3-20(34)4-6-21;1-2;;/h3-9,12,17-19H,10-11,13-16H2,1-2H3,(H,37,41)(H,38,42);1-2H3;2*1H. The third-order valence-electron chi connectivity index (χ3n) is 8.08. The predicted octanol–water partition coefficient (Wildman–Crippen LogP) is 6.94. The molecule has 256 valence electrons. The van der Waals surface area contributed by atoms with Gasteiger partial charge in [0, 0.05) is 64.1 Å². The van der Waals surface area contributed by atoms with E-state index in [1.807, 2.05) is 20.9 Å². The number of anilines is 2. The fourth-order valence-electron chi connectivity index (χ4n) is 5.10. The molecule has 0 bridgehead atoms. The number of ether oxygens (including phenoxy) is 3. The number of hydrogen-bond acceptors (Lipinski definition) is 8. The second-order valence-electron chi connectivity index (χ2n) is 11.2. The molecular weight excluding hydrogens is 624 g/mol. The largest absolute Gasteiger partial charge is 0.493 e. The van der Waals surface area contributed by atoms with Crippen molar-refractivity contribution in [3.05, 3.63) is 78.5 Å². The van der Waals surface area contributed by atoms with Gasteiger partial charge in [-0.05, 0) is 68.4 Å². The molecule has 4 aromatic rings. The molecule has 1 saturated heterocycles.